The van der Waals surface area contributed by atoms with Gasteiger partial charge in [0.2, 0.25) is 15.9 Å². The van der Waals surface area contributed by atoms with Crippen LogP contribution < -0.4 is 0 Å². The first-order valence-electron chi connectivity index (χ1n) is 8.74. The molecule has 0 bridgehead atoms. The monoisotopic (exact) mass is 350 g/mol. The summed E-state index contributed by atoms with van der Waals surface area (Å²) in [5.41, 5.74) is 0.783. The third-order valence-electron chi connectivity index (χ3n) is 5.40. The molecule has 132 valence electrons. The number of carbonyl (C=O) groups excluding carboxylic acids is 1. The zero-order chi connectivity index (χ0) is 17.3. The number of aryl methyl sites for hydroxylation is 1. The summed E-state index contributed by atoms with van der Waals surface area (Å²) in [7, 11) is -3.46. The number of likely N-dealkylation sites (tertiary alicyclic amines) is 1. The van der Waals surface area contributed by atoms with E-state index in [4.69, 9.17) is 0 Å². The number of amides is 1. The summed E-state index contributed by atoms with van der Waals surface area (Å²) < 4.78 is 27.7. The molecule has 0 spiro atoms. The Morgan fingerprint density at radius 2 is 1.88 bits per heavy atom. The molecule has 2 aliphatic rings. The van der Waals surface area contributed by atoms with Crippen molar-refractivity contribution in [3.05, 3.63) is 29.8 Å². The van der Waals surface area contributed by atoms with Crippen LogP contribution in [0.2, 0.25) is 0 Å². The Morgan fingerprint density at radius 1 is 1.12 bits per heavy atom. The van der Waals surface area contributed by atoms with Gasteiger partial charge >= 0.3 is 0 Å². The van der Waals surface area contributed by atoms with Gasteiger partial charge < -0.3 is 4.90 Å². The molecule has 0 aliphatic carbocycles. The molecule has 0 aromatic heterocycles. The Labute approximate surface area is 144 Å². The molecule has 0 N–H and O–H groups in total. The summed E-state index contributed by atoms with van der Waals surface area (Å²) >= 11 is 0. The van der Waals surface area contributed by atoms with Crippen molar-refractivity contribution in [2.75, 3.05) is 19.6 Å². The first-order chi connectivity index (χ1) is 11.4. The maximum absolute atomic E-state index is 13.0. The Bertz CT molecular complexity index is 717. The van der Waals surface area contributed by atoms with Gasteiger partial charge in [-0.05, 0) is 43.7 Å². The molecule has 2 heterocycles. The molecule has 1 aromatic rings. The maximum Gasteiger partial charge on any atom is 0.243 e. The van der Waals surface area contributed by atoms with E-state index in [9.17, 15) is 13.2 Å². The number of hydrogen-bond donors (Lipinski definition) is 0. The van der Waals surface area contributed by atoms with Crippen LogP contribution in [0, 0.1) is 12.8 Å². The van der Waals surface area contributed by atoms with E-state index in [-0.39, 0.29) is 17.9 Å². The molecule has 1 aromatic carbocycles. The van der Waals surface area contributed by atoms with E-state index in [1.54, 1.807) is 23.4 Å². The summed E-state index contributed by atoms with van der Waals surface area (Å²) in [6.07, 6.45) is 3.80. The lowest BCUT2D eigenvalue weighted by Gasteiger charge is -2.41. The lowest BCUT2D eigenvalue weighted by Crippen LogP contribution is -2.52. The van der Waals surface area contributed by atoms with Gasteiger partial charge in [-0.25, -0.2) is 8.42 Å². The lowest BCUT2D eigenvalue weighted by molar-refractivity contribution is -0.132. The van der Waals surface area contributed by atoms with Crippen LogP contribution in [-0.4, -0.2) is 49.2 Å². The smallest absolute Gasteiger partial charge is 0.243 e. The Kier molecular flexibility index (Phi) is 4.97. The number of rotatable bonds is 2. The van der Waals surface area contributed by atoms with Crippen LogP contribution in [0.25, 0.3) is 0 Å². The first-order valence-corrected chi connectivity index (χ1v) is 10.2. The van der Waals surface area contributed by atoms with Gasteiger partial charge in [-0.15, -0.1) is 0 Å². The second-order valence-corrected chi connectivity index (χ2v) is 8.86. The van der Waals surface area contributed by atoms with Crippen LogP contribution >= 0.6 is 0 Å². The molecule has 2 fully saturated rings. The van der Waals surface area contributed by atoms with Crippen molar-refractivity contribution in [2.24, 2.45) is 5.92 Å². The minimum atomic E-state index is -3.46. The van der Waals surface area contributed by atoms with Gasteiger partial charge in [0, 0.05) is 32.6 Å². The van der Waals surface area contributed by atoms with Crippen LogP contribution in [0.3, 0.4) is 0 Å². The SMILES string of the molecule is CC(=O)N1CCCC[C@H]2CN(S(=O)(=O)c3ccccc3C)CC[C@H]21. The van der Waals surface area contributed by atoms with Gasteiger partial charge in [-0.2, -0.15) is 4.31 Å². The van der Waals surface area contributed by atoms with Gasteiger partial charge in [0.25, 0.3) is 0 Å². The number of benzene rings is 1. The summed E-state index contributed by atoms with van der Waals surface area (Å²) in [4.78, 5) is 14.3. The van der Waals surface area contributed by atoms with Gasteiger partial charge in [0.1, 0.15) is 0 Å². The predicted molar refractivity (Wildman–Crippen MR) is 93.1 cm³/mol. The quantitative estimate of drug-likeness (QED) is 0.823. The molecule has 24 heavy (non-hydrogen) atoms. The van der Waals surface area contributed by atoms with Gasteiger partial charge in [0.15, 0.2) is 0 Å². The predicted octanol–water partition coefficient (Wildman–Crippen LogP) is 2.41. The summed E-state index contributed by atoms with van der Waals surface area (Å²) in [5.74, 6) is 0.353. The van der Waals surface area contributed by atoms with E-state index in [1.807, 2.05) is 24.0 Å². The number of carbonyl (C=O) groups is 1. The van der Waals surface area contributed by atoms with Crippen molar-refractivity contribution < 1.29 is 13.2 Å². The number of fused-ring (bicyclic) bond motifs is 1. The summed E-state index contributed by atoms with van der Waals surface area (Å²) in [5, 5.41) is 0. The zero-order valence-electron chi connectivity index (χ0n) is 14.4. The molecule has 2 atom stereocenters. The fourth-order valence-corrected chi connectivity index (χ4v) is 5.87. The Morgan fingerprint density at radius 3 is 2.58 bits per heavy atom. The number of sulfonamides is 1. The van der Waals surface area contributed by atoms with E-state index >= 15 is 0 Å². The van der Waals surface area contributed by atoms with Crippen LogP contribution in [0.4, 0.5) is 0 Å². The van der Waals surface area contributed by atoms with Gasteiger partial charge in [-0.1, -0.05) is 24.6 Å². The average molecular weight is 350 g/mol. The summed E-state index contributed by atoms with van der Waals surface area (Å²) in [6.45, 7) is 5.27. The van der Waals surface area contributed by atoms with Crippen molar-refractivity contribution in [3.8, 4) is 0 Å². The van der Waals surface area contributed by atoms with Crippen molar-refractivity contribution in [1.29, 1.82) is 0 Å². The molecule has 0 saturated carbocycles. The zero-order valence-corrected chi connectivity index (χ0v) is 15.3. The van der Waals surface area contributed by atoms with Crippen molar-refractivity contribution in [3.63, 3.8) is 0 Å². The normalized spacial score (nSPS) is 25.8. The van der Waals surface area contributed by atoms with Crippen LogP contribution in [0.1, 0.15) is 38.2 Å². The second-order valence-electron chi connectivity index (χ2n) is 6.95. The highest BCUT2D eigenvalue weighted by atomic mass is 32.2. The molecule has 0 unspecified atom stereocenters. The topological polar surface area (TPSA) is 57.7 Å². The highest BCUT2D eigenvalue weighted by Crippen LogP contribution is 2.33. The number of hydrogen-bond acceptors (Lipinski definition) is 3. The highest BCUT2D eigenvalue weighted by molar-refractivity contribution is 7.89. The van der Waals surface area contributed by atoms with Crippen LogP contribution in [-0.2, 0) is 14.8 Å². The third-order valence-corrected chi connectivity index (χ3v) is 7.42. The summed E-state index contributed by atoms with van der Waals surface area (Å²) in [6, 6.07) is 7.34. The second kappa shape index (κ2) is 6.84. The average Bonchev–Trinajstić information content (AvgIpc) is 2.76. The van der Waals surface area contributed by atoms with Crippen LogP contribution in [0.15, 0.2) is 29.2 Å². The van der Waals surface area contributed by atoms with Gasteiger partial charge in [-0.3, -0.25) is 4.79 Å². The van der Waals surface area contributed by atoms with E-state index in [0.717, 1.165) is 37.8 Å². The molecule has 5 nitrogen and oxygen atoms in total. The highest BCUT2D eigenvalue weighted by Gasteiger charge is 2.39. The molecule has 0 radical (unpaired) electrons. The minimum Gasteiger partial charge on any atom is -0.340 e. The largest absolute Gasteiger partial charge is 0.340 e. The Balaban J connectivity index is 1.84. The van der Waals surface area contributed by atoms with Crippen molar-refractivity contribution >= 4 is 15.9 Å². The third kappa shape index (κ3) is 3.22. The van der Waals surface area contributed by atoms with Crippen molar-refractivity contribution in [1.82, 2.24) is 9.21 Å². The molecule has 1 amide bonds. The van der Waals surface area contributed by atoms with E-state index < -0.39 is 10.0 Å². The van der Waals surface area contributed by atoms with E-state index in [1.165, 1.54) is 0 Å². The molecular weight excluding hydrogens is 324 g/mol. The molecule has 3 rings (SSSR count). The van der Waals surface area contributed by atoms with Crippen molar-refractivity contribution in [2.45, 2.75) is 50.5 Å². The van der Waals surface area contributed by atoms with Crippen LogP contribution in [0.5, 0.6) is 0 Å². The molecule has 2 aliphatic heterocycles. The Hall–Kier alpha value is -1.40. The minimum absolute atomic E-state index is 0.113. The number of piperidine rings is 1. The van der Waals surface area contributed by atoms with Gasteiger partial charge in [0.05, 0.1) is 4.90 Å². The maximum atomic E-state index is 13.0. The molecule has 6 heteroatoms. The molecule has 2 saturated heterocycles. The fraction of sp³-hybridized carbons (Fsp3) is 0.611. The standard InChI is InChI=1S/C18H26N2O3S/c1-14-7-3-4-9-18(14)24(22,23)19-12-10-17-16(13-19)8-5-6-11-20(17)15(2)21/h3-4,7,9,16-17H,5-6,8,10-13H2,1-2H3/t16-,17+/m0/s1. The molecular formula is C18H26N2O3S. The van der Waals surface area contributed by atoms with E-state index in [2.05, 4.69) is 0 Å². The first kappa shape index (κ1) is 17.4. The fourth-order valence-electron chi connectivity index (χ4n) is 4.13. The number of nitrogens with zero attached hydrogens (tertiary/aromatic N) is 2. The lowest BCUT2D eigenvalue weighted by atomic mass is 9.89. The van der Waals surface area contributed by atoms with E-state index in [0.29, 0.717) is 18.0 Å².